The fourth-order valence-electron chi connectivity index (χ4n) is 3.22. The van der Waals surface area contributed by atoms with Crippen LogP contribution in [-0.4, -0.2) is 26.2 Å². The van der Waals surface area contributed by atoms with Crippen LogP contribution in [0, 0.1) is 0 Å². The minimum absolute atomic E-state index is 0.0783. The smallest absolute Gasteiger partial charge is 0.185 e. The zero-order valence-electron chi connectivity index (χ0n) is 15.5. The quantitative estimate of drug-likeness (QED) is 0.687. The number of nitrogens with zero attached hydrogens (tertiary/aromatic N) is 3. The Hall–Kier alpha value is -1.89. The van der Waals surface area contributed by atoms with Gasteiger partial charge in [-0.1, -0.05) is 48.0 Å². The third kappa shape index (κ3) is 5.13. The molecule has 3 rings (SSSR count). The number of carbonyl (C=O) groups is 1. The molecule has 28 heavy (non-hydrogen) atoms. The minimum atomic E-state index is -0.485. The molecule has 2 N–H and O–H groups in total. The van der Waals surface area contributed by atoms with Gasteiger partial charge in [0.1, 0.15) is 15.7 Å². The van der Waals surface area contributed by atoms with Crippen LogP contribution in [0.15, 0.2) is 46.1 Å². The van der Waals surface area contributed by atoms with Gasteiger partial charge >= 0.3 is 0 Å². The van der Waals surface area contributed by atoms with Crippen molar-refractivity contribution < 1.29 is 4.79 Å². The summed E-state index contributed by atoms with van der Waals surface area (Å²) in [6, 6.07) is 7.19. The van der Waals surface area contributed by atoms with Gasteiger partial charge < -0.3 is 5.73 Å². The molecular weight excluding hydrogens is 415 g/mol. The van der Waals surface area contributed by atoms with Crippen molar-refractivity contribution >= 4 is 52.0 Å². The first kappa shape index (κ1) is 20.8. The van der Waals surface area contributed by atoms with Crippen molar-refractivity contribution in [3.05, 3.63) is 63.7 Å². The van der Waals surface area contributed by atoms with E-state index in [9.17, 15) is 4.79 Å². The molecule has 0 unspecified atom stereocenters. The predicted octanol–water partition coefficient (Wildman–Crippen LogP) is 4.73. The Kier molecular flexibility index (Phi) is 6.43. The molecule has 0 aliphatic carbocycles. The van der Waals surface area contributed by atoms with Crippen molar-refractivity contribution in [3.8, 4) is 0 Å². The first-order valence-corrected chi connectivity index (χ1v) is 10.4. The second kappa shape index (κ2) is 8.64. The molecule has 0 saturated heterocycles. The Morgan fingerprint density at radius 3 is 2.79 bits per heavy atom. The number of amidine groups is 1. The Labute approximate surface area is 178 Å². The van der Waals surface area contributed by atoms with E-state index in [0.29, 0.717) is 16.1 Å². The lowest BCUT2D eigenvalue weighted by Gasteiger charge is -2.32. The van der Waals surface area contributed by atoms with Gasteiger partial charge in [-0.2, -0.15) is 0 Å². The van der Waals surface area contributed by atoms with Crippen LogP contribution in [-0.2, 0) is 12.0 Å². The summed E-state index contributed by atoms with van der Waals surface area (Å²) in [5.74, 6) is -0.0783. The third-order valence-corrected chi connectivity index (χ3v) is 5.57. The number of rotatable bonds is 5. The van der Waals surface area contributed by atoms with E-state index in [2.05, 4.69) is 21.9 Å². The lowest BCUT2D eigenvalue weighted by molar-refractivity contribution is 0.0988. The minimum Gasteiger partial charge on any atom is -0.379 e. The SMILES string of the molecule is C[C@@H]1C[C@@](C)(c2cc(CC(=O)c3ccc(C=C(Cl)Cl)cn3)ccn2)N=C(N)S1. The number of nitrogens with two attached hydrogens (primary N) is 1. The van der Waals surface area contributed by atoms with Crippen LogP contribution in [0.25, 0.3) is 6.08 Å². The van der Waals surface area contributed by atoms with E-state index in [-0.39, 0.29) is 16.7 Å². The van der Waals surface area contributed by atoms with Crippen molar-refractivity contribution in [3.63, 3.8) is 0 Å². The van der Waals surface area contributed by atoms with Crippen LogP contribution in [0.3, 0.4) is 0 Å². The summed E-state index contributed by atoms with van der Waals surface area (Å²) in [5, 5.41) is 0.924. The van der Waals surface area contributed by atoms with Gasteiger partial charge in [0.05, 0.1) is 5.69 Å². The topological polar surface area (TPSA) is 81.2 Å². The van der Waals surface area contributed by atoms with Crippen LogP contribution >= 0.6 is 35.0 Å². The summed E-state index contributed by atoms with van der Waals surface area (Å²) >= 11 is 12.8. The van der Waals surface area contributed by atoms with Gasteiger partial charge in [-0.15, -0.1) is 0 Å². The predicted molar refractivity (Wildman–Crippen MR) is 117 cm³/mol. The summed E-state index contributed by atoms with van der Waals surface area (Å²) < 4.78 is 0.136. The summed E-state index contributed by atoms with van der Waals surface area (Å²) in [5.41, 5.74) is 8.29. The summed E-state index contributed by atoms with van der Waals surface area (Å²) in [6.07, 6.45) is 5.91. The maximum Gasteiger partial charge on any atom is 0.185 e. The summed E-state index contributed by atoms with van der Waals surface area (Å²) in [6.45, 7) is 4.15. The standard InChI is InChI=1S/C20H20Cl2N4OS/c1-12-10-20(2,26-19(23)28-12)17-8-13(5-6-24-17)7-16(27)15-4-3-14(11-25-15)9-18(21)22/h3-6,8-9,11-12H,7,10H2,1-2H3,(H2,23,26)/t12-,20+/m1/s1. The van der Waals surface area contributed by atoms with E-state index in [1.165, 1.54) is 0 Å². The Bertz CT molecular complexity index is 941. The first-order valence-electron chi connectivity index (χ1n) is 8.74. The average Bonchev–Trinajstić information content (AvgIpc) is 2.61. The number of ketones is 1. The molecule has 0 spiro atoms. The van der Waals surface area contributed by atoms with Crippen LogP contribution in [0.4, 0.5) is 0 Å². The second-order valence-electron chi connectivity index (χ2n) is 6.92. The number of halogens is 2. The van der Waals surface area contributed by atoms with Crippen LogP contribution in [0.5, 0.6) is 0 Å². The van der Waals surface area contributed by atoms with E-state index < -0.39 is 5.54 Å². The fraction of sp³-hybridized carbons (Fsp3) is 0.300. The molecule has 0 aromatic carbocycles. The van der Waals surface area contributed by atoms with E-state index in [1.54, 1.807) is 42.4 Å². The number of aliphatic imine (C=N–C) groups is 1. The molecule has 0 fully saturated rings. The van der Waals surface area contributed by atoms with Crippen LogP contribution < -0.4 is 5.73 Å². The molecule has 146 valence electrons. The van der Waals surface area contributed by atoms with Crippen LogP contribution in [0.1, 0.15) is 47.6 Å². The van der Waals surface area contributed by atoms with Gasteiger partial charge in [0.2, 0.25) is 0 Å². The summed E-state index contributed by atoms with van der Waals surface area (Å²) in [4.78, 5) is 25.9. The zero-order chi connectivity index (χ0) is 20.3. The highest BCUT2D eigenvalue weighted by Gasteiger charge is 2.34. The van der Waals surface area contributed by atoms with Gasteiger partial charge in [-0.3, -0.25) is 14.8 Å². The van der Waals surface area contributed by atoms with Crippen molar-refractivity contribution in [1.82, 2.24) is 9.97 Å². The highest BCUT2D eigenvalue weighted by molar-refractivity contribution is 8.14. The maximum atomic E-state index is 12.6. The fourth-order valence-corrected chi connectivity index (χ4v) is 4.55. The maximum absolute atomic E-state index is 12.6. The molecule has 0 radical (unpaired) electrons. The van der Waals surface area contributed by atoms with E-state index in [0.717, 1.165) is 23.2 Å². The van der Waals surface area contributed by atoms with Crippen molar-refractivity contribution in [2.24, 2.45) is 10.7 Å². The molecule has 0 bridgehead atoms. The Morgan fingerprint density at radius 2 is 2.14 bits per heavy atom. The van der Waals surface area contributed by atoms with Gasteiger partial charge in [-0.05, 0) is 48.7 Å². The van der Waals surface area contributed by atoms with E-state index in [1.807, 2.05) is 19.1 Å². The molecular formula is C20H20Cl2N4OS. The molecule has 2 atom stereocenters. The molecule has 8 heteroatoms. The van der Waals surface area contributed by atoms with Gasteiger partial charge in [0.15, 0.2) is 11.0 Å². The lowest BCUT2D eigenvalue weighted by Crippen LogP contribution is -2.33. The Balaban J connectivity index is 1.78. The molecule has 1 aliphatic rings. The summed E-state index contributed by atoms with van der Waals surface area (Å²) in [7, 11) is 0. The second-order valence-corrected chi connectivity index (χ2v) is 9.38. The van der Waals surface area contributed by atoms with E-state index >= 15 is 0 Å². The third-order valence-electron chi connectivity index (χ3n) is 4.45. The highest BCUT2D eigenvalue weighted by Crippen LogP contribution is 2.37. The molecule has 2 aromatic heterocycles. The number of hydrogen-bond acceptors (Lipinski definition) is 6. The van der Waals surface area contributed by atoms with Crippen molar-refractivity contribution in [1.29, 1.82) is 0 Å². The number of pyridine rings is 2. The normalized spacial score (nSPS) is 21.7. The number of Topliss-reactive ketones (excluding diaryl/α,β-unsaturated/α-hetero) is 1. The van der Waals surface area contributed by atoms with Crippen molar-refractivity contribution in [2.45, 2.75) is 37.5 Å². The number of aromatic nitrogens is 2. The number of carbonyl (C=O) groups excluding carboxylic acids is 1. The molecule has 2 aromatic rings. The molecule has 0 amide bonds. The largest absolute Gasteiger partial charge is 0.379 e. The monoisotopic (exact) mass is 434 g/mol. The lowest BCUT2D eigenvalue weighted by atomic mass is 9.90. The molecule has 0 saturated carbocycles. The van der Waals surface area contributed by atoms with Crippen molar-refractivity contribution in [2.75, 3.05) is 0 Å². The highest BCUT2D eigenvalue weighted by atomic mass is 35.5. The van der Waals surface area contributed by atoms with Crippen LogP contribution in [0.2, 0.25) is 0 Å². The molecule has 5 nitrogen and oxygen atoms in total. The number of thioether (sulfide) groups is 1. The first-order chi connectivity index (χ1) is 13.2. The van der Waals surface area contributed by atoms with E-state index in [4.69, 9.17) is 28.9 Å². The molecule has 1 aliphatic heterocycles. The average molecular weight is 435 g/mol. The van der Waals surface area contributed by atoms with Gasteiger partial charge in [0.25, 0.3) is 0 Å². The van der Waals surface area contributed by atoms with Gasteiger partial charge in [-0.25, -0.2) is 4.99 Å². The Morgan fingerprint density at radius 1 is 1.36 bits per heavy atom. The molecule has 3 heterocycles. The van der Waals surface area contributed by atoms with Gasteiger partial charge in [0, 0.05) is 24.1 Å². The zero-order valence-corrected chi connectivity index (χ0v) is 17.9. The number of hydrogen-bond donors (Lipinski definition) is 1.